The molecule has 4 nitrogen and oxygen atoms in total. The Morgan fingerprint density at radius 2 is 2.15 bits per heavy atom. The van der Waals surface area contributed by atoms with Gasteiger partial charge in [-0.3, -0.25) is 4.79 Å². The molecule has 0 radical (unpaired) electrons. The van der Waals surface area contributed by atoms with E-state index >= 15 is 0 Å². The largest absolute Gasteiger partial charge is 0.444 e. The highest BCUT2D eigenvalue weighted by molar-refractivity contribution is 5.79. The van der Waals surface area contributed by atoms with Gasteiger partial charge in [-0.1, -0.05) is 17.9 Å². The number of amides is 1. The molecule has 0 unspecified atom stereocenters. The van der Waals surface area contributed by atoms with Gasteiger partial charge in [-0.05, 0) is 32.9 Å². The number of benzene rings is 1. The van der Waals surface area contributed by atoms with Crippen LogP contribution in [-0.4, -0.2) is 24.5 Å². The first kappa shape index (κ1) is 15.7. The summed E-state index contributed by atoms with van der Waals surface area (Å²) in [7, 11) is 0. The summed E-state index contributed by atoms with van der Waals surface area (Å²) >= 11 is 0. The molecule has 0 saturated heterocycles. The molecule has 0 aliphatic carbocycles. The van der Waals surface area contributed by atoms with Gasteiger partial charge in [-0.2, -0.15) is 0 Å². The number of halogens is 1. The molecule has 0 saturated carbocycles. The Bertz CT molecular complexity index is 565. The minimum atomic E-state index is -0.619. The van der Waals surface area contributed by atoms with Crippen molar-refractivity contribution in [2.75, 3.05) is 6.54 Å². The van der Waals surface area contributed by atoms with Crippen molar-refractivity contribution in [2.45, 2.75) is 26.4 Å². The van der Waals surface area contributed by atoms with Crippen LogP contribution in [0.2, 0.25) is 0 Å². The topological polar surface area (TPSA) is 55.4 Å². The minimum absolute atomic E-state index is 0.0454. The van der Waals surface area contributed by atoms with Crippen LogP contribution in [0.4, 0.5) is 9.18 Å². The summed E-state index contributed by atoms with van der Waals surface area (Å²) in [6, 6.07) is 4.19. The third kappa shape index (κ3) is 5.11. The van der Waals surface area contributed by atoms with Crippen LogP contribution in [-0.2, 0) is 4.74 Å². The van der Waals surface area contributed by atoms with Crippen LogP contribution in [0.25, 0.3) is 0 Å². The van der Waals surface area contributed by atoms with E-state index < -0.39 is 17.5 Å². The Labute approximate surface area is 117 Å². The van der Waals surface area contributed by atoms with Crippen LogP contribution in [0.5, 0.6) is 0 Å². The summed E-state index contributed by atoms with van der Waals surface area (Å²) in [5, 5.41) is 2.44. The molecule has 1 aromatic rings. The maximum atomic E-state index is 13.3. The summed E-state index contributed by atoms with van der Waals surface area (Å²) in [5.41, 5.74) is -0.381. The molecule has 1 rings (SSSR count). The fraction of sp³-hybridized carbons (Fsp3) is 0.333. The van der Waals surface area contributed by atoms with E-state index in [0.29, 0.717) is 6.29 Å². The average Bonchev–Trinajstić information content (AvgIpc) is 2.32. The van der Waals surface area contributed by atoms with E-state index in [1.165, 1.54) is 18.2 Å². The minimum Gasteiger partial charge on any atom is -0.444 e. The molecule has 0 spiro atoms. The predicted octanol–water partition coefficient (Wildman–Crippen LogP) is 2.51. The van der Waals surface area contributed by atoms with Gasteiger partial charge in [0.1, 0.15) is 11.4 Å². The Kier molecular flexibility index (Phi) is 5.27. The van der Waals surface area contributed by atoms with E-state index in [0.717, 1.165) is 0 Å². The maximum Gasteiger partial charge on any atom is 0.408 e. The molecule has 0 aliphatic heterocycles. The molecule has 20 heavy (non-hydrogen) atoms. The lowest BCUT2D eigenvalue weighted by Crippen LogP contribution is -2.32. The molecule has 106 valence electrons. The highest BCUT2D eigenvalue weighted by atomic mass is 19.1. The molecule has 0 bridgehead atoms. The van der Waals surface area contributed by atoms with E-state index in [4.69, 9.17) is 4.74 Å². The summed E-state index contributed by atoms with van der Waals surface area (Å²) < 4.78 is 18.3. The summed E-state index contributed by atoms with van der Waals surface area (Å²) in [6.07, 6.45) is -0.164. The van der Waals surface area contributed by atoms with Gasteiger partial charge in [0.15, 0.2) is 6.29 Å². The number of carbonyl (C=O) groups excluding carboxylic acids is 2. The van der Waals surface area contributed by atoms with Crippen molar-refractivity contribution in [1.82, 2.24) is 5.32 Å². The molecule has 5 heteroatoms. The molecule has 1 aromatic carbocycles. The average molecular weight is 277 g/mol. The van der Waals surface area contributed by atoms with Gasteiger partial charge in [0.25, 0.3) is 0 Å². The number of rotatable bonds is 2. The fourth-order valence-electron chi connectivity index (χ4n) is 1.34. The summed E-state index contributed by atoms with van der Waals surface area (Å²) in [5.74, 6) is 4.65. The SMILES string of the molecule is CC(C)(C)OC(=O)NCC#Cc1cccc(F)c1C=O. The zero-order valence-corrected chi connectivity index (χ0v) is 11.6. The van der Waals surface area contributed by atoms with Gasteiger partial charge in [0, 0.05) is 5.56 Å². The fourth-order valence-corrected chi connectivity index (χ4v) is 1.34. The molecule has 0 aromatic heterocycles. The normalized spacial score (nSPS) is 10.2. The van der Waals surface area contributed by atoms with Crippen LogP contribution in [0.15, 0.2) is 18.2 Å². The molecule has 0 aliphatic rings. The molecule has 0 atom stereocenters. The van der Waals surface area contributed by atoms with Gasteiger partial charge in [0.2, 0.25) is 0 Å². The summed E-state index contributed by atoms with van der Waals surface area (Å²) in [6.45, 7) is 5.30. The number of hydrogen-bond acceptors (Lipinski definition) is 3. The number of carbonyl (C=O) groups is 2. The molecule has 1 N–H and O–H groups in total. The maximum absolute atomic E-state index is 13.3. The summed E-state index contributed by atoms with van der Waals surface area (Å²) in [4.78, 5) is 22.1. The van der Waals surface area contributed by atoms with E-state index in [-0.39, 0.29) is 17.7 Å². The highest BCUT2D eigenvalue weighted by Crippen LogP contribution is 2.09. The smallest absolute Gasteiger partial charge is 0.408 e. The Balaban J connectivity index is 2.62. The Hall–Kier alpha value is -2.35. The first-order chi connectivity index (χ1) is 9.33. The van der Waals surface area contributed by atoms with E-state index in [2.05, 4.69) is 17.2 Å². The molecule has 1 amide bonds. The first-order valence-electron chi connectivity index (χ1n) is 6.03. The number of aldehydes is 1. The van der Waals surface area contributed by atoms with Gasteiger partial charge in [0.05, 0.1) is 12.1 Å². The third-order valence-corrected chi connectivity index (χ3v) is 2.11. The van der Waals surface area contributed by atoms with Crippen molar-refractivity contribution in [3.05, 3.63) is 35.1 Å². The van der Waals surface area contributed by atoms with Crippen LogP contribution in [0.3, 0.4) is 0 Å². The van der Waals surface area contributed by atoms with E-state index in [1.807, 2.05) is 0 Å². The number of hydrogen-bond donors (Lipinski definition) is 1. The quantitative estimate of drug-likeness (QED) is 0.667. The van der Waals surface area contributed by atoms with Crippen LogP contribution < -0.4 is 5.32 Å². The van der Waals surface area contributed by atoms with E-state index in [1.54, 1.807) is 20.8 Å². The molecular formula is C15H16FNO3. The predicted molar refractivity (Wildman–Crippen MR) is 72.9 cm³/mol. The second-order valence-corrected chi connectivity index (χ2v) is 4.98. The Morgan fingerprint density at radius 1 is 1.45 bits per heavy atom. The van der Waals surface area contributed by atoms with Gasteiger partial charge < -0.3 is 10.1 Å². The van der Waals surface area contributed by atoms with Crippen molar-refractivity contribution in [3.63, 3.8) is 0 Å². The van der Waals surface area contributed by atoms with Crippen molar-refractivity contribution in [3.8, 4) is 11.8 Å². The van der Waals surface area contributed by atoms with Crippen molar-refractivity contribution in [2.24, 2.45) is 0 Å². The van der Waals surface area contributed by atoms with Crippen LogP contribution in [0, 0.1) is 17.7 Å². The van der Waals surface area contributed by atoms with Gasteiger partial charge in [-0.25, -0.2) is 9.18 Å². The van der Waals surface area contributed by atoms with Gasteiger partial charge in [-0.15, -0.1) is 0 Å². The second-order valence-electron chi connectivity index (χ2n) is 4.98. The molecule has 0 fully saturated rings. The zero-order valence-electron chi connectivity index (χ0n) is 11.6. The lowest BCUT2D eigenvalue weighted by atomic mass is 10.1. The lowest BCUT2D eigenvalue weighted by molar-refractivity contribution is 0.0535. The van der Waals surface area contributed by atoms with Gasteiger partial charge >= 0.3 is 6.09 Å². The number of alkyl carbamates (subject to hydrolysis) is 1. The van der Waals surface area contributed by atoms with E-state index in [9.17, 15) is 14.0 Å². The monoisotopic (exact) mass is 277 g/mol. The van der Waals surface area contributed by atoms with Crippen molar-refractivity contribution >= 4 is 12.4 Å². The number of nitrogens with one attached hydrogen (secondary N) is 1. The highest BCUT2D eigenvalue weighted by Gasteiger charge is 2.15. The Morgan fingerprint density at radius 3 is 2.75 bits per heavy atom. The molecular weight excluding hydrogens is 261 g/mol. The van der Waals surface area contributed by atoms with Crippen molar-refractivity contribution in [1.29, 1.82) is 0 Å². The number of ether oxygens (including phenoxy) is 1. The first-order valence-corrected chi connectivity index (χ1v) is 6.03. The second kappa shape index (κ2) is 6.71. The van der Waals surface area contributed by atoms with Crippen LogP contribution in [0.1, 0.15) is 36.7 Å². The third-order valence-electron chi connectivity index (χ3n) is 2.11. The zero-order chi connectivity index (χ0) is 15.2. The standard InChI is InChI=1S/C15H16FNO3/c1-15(2,3)20-14(19)17-9-5-7-11-6-4-8-13(16)12(11)10-18/h4,6,8,10H,9H2,1-3H3,(H,17,19). The molecule has 0 heterocycles. The van der Waals surface area contributed by atoms with Crippen LogP contribution >= 0.6 is 0 Å². The lowest BCUT2D eigenvalue weighted by Gasteiger charge is -2.19. The van der Waals surface area contributed by atoms with Crippen molar-refractivity contribution < 1.29 is 18.7 Å².